The van der Waals surface area contributed by atoms with Crippen molar-refractivity contribution >= 4 is 5.91 Å². The monoisotopic (exact) mass is 477 g/mol. The SMILES string of the molecule is CC(C)OCCNC(=O)CCC(C)C1CC[C@H]2[C@@H]3[C@H](O)C[C@@H]4C[C@H](O)CC[C@]4(C)[C@H]3CC[C@]12C. The van der Waals surface area contributed by atoms with Crippen LogP contribution < -0.4 is 5.32 Å². The predicted octanol–water partition coefficient (Wildman–Crippen LogP) is 4.93. The van der Waals surface area contributed by atoms with E-state index in [0.29, 0.717) is 55.1 Å². The van der Waals surface area contributed by atoms with E-state index in [0.717, 1.165) is 32.1 Å². The first-order valence-corrected chi connectivity index (χ1v) is 14.3. The molecule has 4 aliphatic rings. The van der Waals surface area contributed by atoms with Crippen LogP contribution >= 0.6 is 0 Å². The van der Waals surface area contributed by atoms with Crippen LogP contribution in [0.4, 0.5) is 0 Å². The number of rotatable bonds is 8. The summed E-state index contributed by atoms with van der Waals surface area (Å²) >= 11 is 0. The summed E-state index contributed by atoms with van der Waals surface area (Å²) in [4.78, 5) is 12.4. The summed E-state index contributed by atoms with van der Waals surface area (Å²) in [6.07, 6.45) is 10.1. The van der Waals surface area contributed by atoms with Gasteiger partial charge in [-0.05, 0) is 118 Å². The first kappa shape index (κ1) is 26.4. The zero-order valence-corrected chi connectivity index (χ0v) is 22.4. The number of fused-ring (bicyclic) bond motifs is 5. The van der Waals surface area contributed by atoms with Crippen LogP contribution in [0.15, 0.2) is 0 Å². The zero-order valence-electron chi connectivity index (χ0n) is 22.4. The van der Waals surface area contributed by atoms with Gasteiger partial charge < -0.3 is 20.3 Å². The van der Waals surface area contributed by atoms with E-state index in [1.54, 1.807) is 0 Å². The lowest BCUT2D eigenvalue weighted by Crippen LogP contribution is -2.58. The number of aliphatic hydroxyl groups excluding tert-OH is 2. The Balaban J connectivity index is 1.36. The molecule has 5 nitrogen and oxygen atoms in total. The fourth-order valence-corrected chi connectivity index (χ4v) is 9.31. The Morgan fingerprint density at radius 3 is 2.44 bits per heavy atom. The summed E-state index contributed by atoms with van der Waals surface area (Å²) in [6, 6.07) is 0. The van der Waals surface area contributed by atoms with Gasteiger partial charge in [0.2, 0.25) is 5.91 Å². The number of hydrogen-bond donors (Lipinski definition) is 3. The topological polar surface area (TPSA) is 78.8 Å². The van der Waals surface area contributed by atoms with Gasteiger partial charge in [-0.15, -0.1) is 0 Å². The molecule has 0 aromatic heterocycles. The summed E-state index contributed by atoms with van der Waals surface area (Å²) < 4.78 is 5.52. The molecule has 0 heterocycles. The Kier molecular flexibility index (Phi) is 8.06. The number of carbonyl (C=O) groups excluding carboxylic acids is 1. The molecular weight excluding hydrogens is 426 g/mol. The van der Waals surface area contributed by atoms with E-state index in [4.69, 9.17) is 4.74 Å². The van der Waals surface area contributed by atoms with Gasteiger partial charge in [-0.25, -0.2) is 0 Å². The molecule has 196 valence electrons. The lowest BCUT2D eigenvalue weighted by molar-refractivity contribution is -0.174. The Morgan fingerprint density at radius 2 is 1.71 bits per heavy atom. The zero-order chi connectivity index (χ0) is 24.7. The van der Waals surface area contributed by atoms with Crippen molar-refractivity contribution in [3.8, 4) is 0 Å². The highest BCUT2D eigenvalue weighted by Crippen LogP contribution is 2.68. The van der Waals surface area contributed by atoms with Gasteiger partial charge >= 0.3 is 0 Å². The summed E-state index contributed by atoms with van der Waals surface area (Å²) in [5.74, 6) is 3.39. The summed E-state index contributed by atoms with van der Waals surface area (Å²) in [5.41, 5.74) is 0.562. The highest BCUT2D eigenvalue weighted by molar-refractivity contribution is 5.75. The Morgan fingerprint density at radius 1 is 1.00 bits per heavy atom. The molecule has 2 unspecified atom stereocenters. The van der Waals surface area contributed by atoms with Gasteiger partial charge in [0.1, 0.15) is 0 Å². The van der Waals surface area contributed by atoms with E-state index < -0.39 is 0 Å². The van der Waals surface area contributed by atoms with Crippen molar-refractivity contribution in [3.63, 3.8) is 0 Å². The Hall–Kier alpha value is -0.650. The molecule has 0 aliphatic heterocycles. The van der Waals surface area contributed by atoms with Crippen molar-refractivity contribution in [1.82, 2.24) is 5.32 Å². The van der Waals surface area contributed by atoms with E-state index >= 15 is 0 Å². The van der Waals surface area contributed by atoms with E-state index in [1.807, 2.05) is 13.8 Å². The minimum atomic E-state index is -0.217. The lowest BCUT2D eigenvalue weighted by Gasteiger charge is -2.62. The maximum Gasteiger partial charge on any atom is 0.220 e. The third kappa shape index (κ3) is 4.95. The highest BCUT2D eigenvalue weighted by atomic mass is 16.5. The third-order valence-electron chi connectivity index (χ3n) is 11.1. The van der Waals surface area contributed by atoms with Crippen molar-refractivity contribution in [2.24, 2.45) is 46.3 Å². The van der Waals surface area contributed by atoms with Gasteiger partial charge in [0, 0.05) is 13.0 Å². The van der Waals surface area contributed by atoms with E-state index in [-0.39, 0.29) is 35.0 Å². The largest absolute Gasteiger partial charge is 0.393 e. The fraction of sp³-hybridized carbons (Fsp3) is 0.966. The number of ether oxygens (including phenoxy) is 1. The molecule has 0 saturated heterocycles. The molecule has 4 aliphatic carbocycles. The van der Waals surface area contributed by atoms with E-state index in [2.05, 4.69) is 26.1 Å². The van der Waals surface area contributed by atoms with Crippen molar-refractivity contribution in [2.45, 2.75) is 117 Å². The Labute approximate surface area is 207 Å². The predicted molar refractivity (Wildman–Crippen MR) is 135 cm³/mol. The quantitative estimate of drug-likeness (QED) is 0.433. The van der Waals surface area contributed by atoms with Gasteiger partial charge in [0.15, 0.2) is 0 Å². The fourth-order valence-electron chi connectivity index (χ4n) is 9.31. The van der Waals surface area contributed by atoms with Gasteiger partial charge in [-0.2, -0.15) is 0 Å². The van der Waals surface area contributed by atoms with Crippen LogP contribution in [0.2, 0.25) is 0 Å². The van der Waals surface area contributed by atoms with Crippen molar-refractivity contribution in [1.29, 1.82) is 0 Å². The molecule has 0 aromatic carbocycles. The first-order chi connectivity index (χ1) is 16.1. The first-order valence-electron chi connectivity index (χ1n) is 14.3. The molecule has 0 aromatic rings. The summed E-state index contributed by atoms with van der Waals surface area (Å²) in [6.45, 7) is 12.5. The van der Waals surface area contributed by atoms with Crippen LogP contribution in [-0.4, -0.2) is 47.6 Å². The number of carbonyl (C=O) groups is 1. The van der Waals surface area contributed by atoms with Crippen molar-refractivity contribution in [2.75, 3.05) is 13.2 Å². The lowest BCUT2D eigenvalue weighted by atomic mass is 9.43. The smallest absolute Gasteiger partial charge is 0.220 e. The molecule has 0 spiro atoms. The number of amides is 1. The number of hydrogen-bond acceptors (Lipinski definition) is 4. The third-order valence-corrected chi connectivity index (χ3v) is 11.1. The van der Waals surface area contributed by atoms with Crippen LogP contribution in [0.5, 0.6) is 0 Å². The average Bonchev–Trinajstić information content (AvgIpc) is 3.13. The average molecular weight is 478 g/mol. The second-order valence-corrected chi connectivity index (χ2v) is 13.2. The standard InChI is InChI=1S/C29H51NO4/c1-18(2)34-15-14-30-26(33)9-6-19(3)22-7-8-23-27-24(11-13-29(22,23)5)28(4)12-10-21(31)16-20(28)17-25(27)32/h18-25,27,31-32H,6-17H2,1-5H3,(H,30,33)/t19?,20-,21+,22?,23-,24-,25+,27-,28-,29+/m0/s1. The molecule has 5 heteroatoms. The maximum atomic E-state index is 12.4. The van der Waals surface area contributed by atoms with Gasteiger partial charge in [0.25, 0.3) is 0 Å². The van der Waals surface area contributed by atoms with Crippen molar-refractivity contribution in [3.05, 3.63) is 0 Å². The molecule has 0 radical (unpaired) electrons. The van der Waals surface area contributed by atoms with Gasteiger partial charge in [-0.1, -0.05) is 20.8 Å². The molecule has 10 atom stereocenters. The molecule has 4 fully saturated rings. The molecule has 34 heavy (non-hydrogen) atoms. The van der Waals surface area contributed by atoms with Crippen LogP contribution in [0.1, 0.15) is 98.8 Å². The normalized spacial score (nSPS) is 44.8. The second-order valence-electron chi connectivity index (χ2n) is 13.2. The highest BCUT2D eigenvalue weighted by Gasteiger charge is 2.62. The second kappa shape index (κ2) is 10.4. The molecule has 4 rings (SSSR count). The molecule has 0 bridgehead atoms. The summed E-state index contributed by atoms with van der Waals surface area (Å²) in [7, 11) is 0. The van der Waals surface area contributed by atoms with Crippen LogP contribution in [-0.2, 0) is 9.53 Å². The van der Waals surface area contributed by atoms with Crippen LogP contribution in [0.3, 0.4) is 0 Å². The van der Waals surface area contributed by atoms with E-state index in [1.165, 1.54) is 25.7 Å². The molecular formula is C29H51NO4. The maximum absolute atomic E-state index is 12.4. The minimum absolute atomic E-state index is 0.142. The summed E-state index contributed by atoms with van der Waals surface area (Å²) in [5, 5.41) is 24.7. The molecule has 3 N–H and O–H groups in total. The van der Waals surface area contributed by atoms with Gasteiger partial charge in [0.05, 0.1) is 24.9 Å². The number of nitrogens with one attached hydrogen (secondary N) is 1. The Bertz CT molecular complexity index is 712. The number of aliphatic hydroxyl groups is 2. The molecule has 1 amide bonds. The van der Waals surface area contributed by atoms with Crippen LogP contribution in [0, 0.1) is 46.3 Å². The molecule has 4 saturated carbocycles. The minimum Gasteiger partial charge on any atom is -0.393 e. The van der Waals surface area contributed by atoms with E-state index in [9.17, 15) is 15.0 Å². The van der Waals surface area contributed by atoms with Crippen molar-refractivity contribution < 1.29 is 19.7 Å². The van der Waals surface area contributed by atoms with Crippen LogP contribution in [0.25, 0.3) is 0 Å². The van der Waals surface area contributed by atoms with Gasteiger partial charge in [-0.3, -0.25) is 4.79 Å².